The van der Waals surface area contributed by atoms with Gasteiger partial charge in [0.2, 0.25) is 0 Å². The van der Waals surface area contributed by atoms with Crippen LogP contribution in [0.3, 0.4) is 0 Å². The van der Waals surface area contributed by atoms with Gasteiger partial charge in [-0.05, 0) is 84.5 Å². The Morgan fingerprint density at radius 1 is 0.475 bits per heavy atom. The second kappa shape index (κ2) is 9.61. The van der Waals surface area contributed by atoms with E-state index in [0.29, 0.717) is 0 Å². The molecule has 1 heteroatoms. The Hall–Kier alpha value is -3.94. The largest absolute Gasteiger partial charge is 0.150 e. The summed E-state index contributed by atoms with van der Waals surface area (Å²) < 4.78 is 0. The van der Waals surface area contributed by atoms with Gasteiger partial charge in [0.15, 0.2) is 8.07 Å². The van der Waals surface area contributed by atoms with E-state index in [1.807, 2.05) is 0 Å². The van der Waals surface area contributed by atoms with Crippen LogP contribution in [0.25, 0.3) is 32.3 Å². The van der Waals surface area contributed by atoms with Crippen molar-refractivity contribution in [2.24, 2.45) is 17.8 Å². The van der Waals surface area contributed by atoms with Crippen LogP contribution in [0.15, 0.2) is 140 Å². The van der Waals surface area contributed by atoms with Gasteiger partial charge in [0.25, 0.3) is 0 Å². The molecule has 2 aliphatic carbocycles. The monoisotopic (exact) mass is 530 g/mol. The molecule has 0 saturated heterocycles. The second-order valence-corrected chi connectivity index (χ2v) is 16.0. The topological polar surface area (TPSA) is 0 Å². The van der Waals surface area contributed by atoms with Crippen LogP contribution in [0, 0.1) is 17.8 Å². The predicted octanol–water partition coefficient (Wildman–Crippen LogP) is 8.22. The highest BCUT2D eigenvalue weighted by Crippen LogP contribution is 2.46. The number of hydrogen-bond acceptors (Lipinski definition) is 0. The molecule has 6 aromatic carbocycles. The Balaban J connectivity index is 1.48. The zero-order chi connectivity index (χ0) is 26.5. The Labute approximate surface area is 238 Å². The van der Waals surface area contributed by atoms with Gasteiger partial charge >= 0.3 is 0 Å². The van der Waals surface area contributed by atoms with Crippen molar-refractivity contribution in [1.29, 1.82) is 0 Å². The van der Waals surface area contributed by atoms with Crippen LogP contribution in [0.5, 0.6) is 0 Å². The van der Waals surface area contributed by atoms with E-state index < -0.39 is 8.07 Å². The average molecular weight is 531 g/mol. The van der Waals surface area contributed by atoms with Crippen molar-refractivity contribution >= 4 is 56.0 Å². The summed E-state index contributed by atoms with van der Waals surface area (Å²) in [6, 6.07) is 49.8. The maximum absolute atomic E-state index is 2.54. The van der Waals surface area contributed by atoms with Crippen molar-refractivity contribution < 1.29 is 0 Å². The fourth-order valence-electron chi connectivity index (χ4n) is 8.26. The van der Waals surface area contributed by atoms with Gasteiger partial charge in [0.1, 0.15) is 0 Å². The molecule has 0 amide bonds. The molecule has 8 rings (SSSR count). The van der Waals surface area contributed by atoms with Gasteiger partial charge in [-0.1, -0.05) is 146 Å². The first-order chi connectivity index (χ1) is 19.8. The first-order valence-corrected chi connectivity index (χ1v) is 17.1. The lowest BCUT2D eigenvalue weighted by Crippen LogP contribution is -2.67. The molecule has 2 bridgehead atoms. The molecular formula is C39H34Si. The number of fused-ring (bicyclic) bond motifs is 5. The minimum absolute atomic E-state index is 0.768. The van der Waals surface area contributed by atoms with Gasteiger partial charge in [0.05, 0.1) is 0 Å². The second-order valence-electron chi connectivity index (χ2n) is 12.1. The molecule has 6 aromatic rings. The fraction of sp³-hybridized carbons (Fsp3) is 0.179. The number of allylic oxidation sites excluding steroid dienone is 2. The highest BCUT2D eigenvalue weighted by atomic mass is 28.3. The minimum atomic E-state index is -2.54. The SMILES string of the molecule is C1=CC2CC1CC2CC[Si](c1cccc2ccccc12)(c1cccc2ccccc12)c1cccc2ccccc12. The molecule has 0 nitrogen and oxygen atoms in total. The quantitative estimate of drug-likeness (QED) is 0.116. The lowest BCUT2D eigenvalue weighted by Gasteiger charge is -2.38. The highest BCUT2D eigenvalue weighted by Gasteiger charge is 2.44. The molecule has 3 atom stereocenters. The Kier molecular flexibility index (Phi) is 5.74. The van der Waals surface area contributed by atoms with Crippen molar-refractivity contribution in [2.75, 3.05) is 0 Å². The van der Waals surface area contributed by atoms with E-state index in [0.717, 1.165) is 17.8 Å². The third-order valence-electron chi connectivity index (χ3n) is 10.1. The van der Waals surface area contributed by atoms with Crippen LogP contribution < -0.4 is 15.6 Å². The molecule has 40 heavy (non-hydrogen) atoms. The van der Waals surface area contributed by atoms with Crippen molar-refractivity contribution in [1.82, 2.24) is 0 Å². The summed E-state index contributed by atoms with van der Waals surface area (Å²) >= 11 is 0. The highest BCUT2D eigenvalue weighted by molar-refractivity contribution is 7.14. The van der Waals surface area contributed by atoms with Crippen molar-refractivity contribution in [3.05, 3.63) is 140 Å². The third-order valence-corrected chi connectivity index (χ3v) is 15.2. The first kappa shape index (κ1) is 23.9. The van der Waals surface area contributed by atoms with Gasteiger partial charge < -0.3 is 0 Å². The van der Waals surface area contributed by atoms with E-state index in [9.17, 15) is 0 Å². The zero-order valence-electron chi connectivity index (χ0n) is 22.8. The number of hydrogen-bond donors (Lipinski definition) is 0. The summed E-state index contributed by atoms with van der Waals surface area (Å²) in [5.74, 6) is 2.37. The molecule has 0 N–H and O–H groups in total. The average Bonchev–Trinajstić information content (AvgIpc) is 3.65. The van der Waals surface area contributed by atoms with E-state index in [1.54, 1.807) is 15.6 Å². The van der Waals surface area contributed by atoms with Crippen molar-refractivity contribution in [2.45, 2.75) is 25.3 Å². The standard InChI is InChI=1S/C39H34Si/c1-4-16-34-29(10-1)13-7-19-37(34)40(25-24-33-27-28-22-23-32(33)26-28,38-20-8-14-30-11-2-5-17-35(30)38)39-21-9-15-31-12-3-6-18-36(31)39/h1-23,28,32-33H,24-27H2. The molecule has 194 valence electrons. The van der Waals surface area contributed by atoms with E-state index in [-0.39, 0.29) is 0 Å². The Bertz CT molecular complexity index is 1690. The van der Waals surface area contributed by atoms with Gasteiger partial charge in [-0.3, -0.25) is 0 Å². The molecular weight excluding hydrogens is 497 g/mol. The van der Waals surface area contributed by atoms with Crippen molar-refractivity contribution in [3.8, 4) is 0 Å². The van der Waals surface area contributed by atoms with Crippen LogP contribution in [-0.2, 0) is 0 Å². The van der Waals surface area contributed by atoms with Gasteiger partial charge in [-0.15, -0.1) is 0 Å². The molecule has 1 saturated carbocycles. The van der Waals surface area contributed by atoms with Crippen LogP contribution >= 0.6 is 0 Å². The van der Waals surface area contributed by atoms with E-state index in [1.165, 1.54) is 57.6 Å². The van der Waals surface area contributed by atoms with Gasteiger partial charge in [0, 0.05) is 0 Å². The summed E-state index contributed by atoms with van der Waals surface area (Å²) in [5.41, 5.74) is 0. The lowest BCUT2D eigenvalue weighted by atomic mass is 9.91. The first-order valence-electron chi connectivity index (χ1n) is 14.9. The van der Waals surface area contributed by atoms with Crippen molar-refractivity contribution in [3.63, 3.8) is 0 Å². The molecule has 0 heterocycles. The van der Waals surface area contributed by atoms with Crippen LogP contribution in [0.2, 0.25) is 6.04 Å². The molecule has 0 radical (unpaired) electrons. The smallest absolute Gasteiger partial charge is 0.0851 e. The lowest BCUT2D eigenvalue weighted by molar-refractivity contribution is 0.433. The minimum Gasteiger partial charge on any atom is -0.0851 e. The number of rotatable bonds is 6. The predicted molar refractivity (Wildman–Crippen MR) is 175 cm³/mol. The van der Waals surface area contributed by atoms with E-state index >= 15 is 0 Å². The maximum Gasteiger partial charge on any atom is 0.150 e. The normalized spacial score (nSPS) is 20.1. The third kappa shape index (κ3) is 3.72. The summed E-state index contributed by atoms with van der Waals surface area (Å²) in [6.07, 6.45) is 9.05. The number of benzene rings is 6. The summed E-state index contributed by atoms with van der Waals surface area (Å²) in [5, 5.41) is 13.0. The summed E-state index contributed by atoms with van der Waals surface area (Å²) in [7, 11) is -2.54. The van der Waals surface area contributed by atoms with Crippen LogP contribution in [0.4, 0.5) is 0 Å². The summed E-state index contributed by atoms with van der Waals surface area (Å²) in [4.78, 5) is 0. The molecule has 0 spiro atoms. The van der Waals surface area contributed by atoms with Crippen LogP contribution in [0.1, 0.15) is 19.3 Å². The summed E-state index contributed by atoms with van der Waals surface area (Å²) in [6.45, 7) is 0. The molecule has 3 unspecified atom stereocenters. The fourth-order valence-corrected chi connectivity index (χ4v) is 13.9. The molecule has 1 fully saturated rings. The molecule has 0 aromatic heterocycles. The van der Waals surface area contributed by atoms with Gasteiger partial charge in [-0.2, -0.15) is 0 Å². The molecule has 2 aliphatic rings. The van der Waals surface area contributed by atoms with E-state index in [4.69, 9.17) is 0 Å². The Morgan fingerprint density at radius 3 is 1.35 bits per heavy atom. The van der Waals surface area contributed by atoms with E-state index in [2.05, 4.69) is 140 Å². The Morgan fingerprint density at radius 2 is 0.925 bits per heavy atom. The molecule has 0 aliphatic heterocycles. The zero-order valence-corrected chi connectivity index (χ0v) is 23.8. The van der Waals surface area contributed by atoms with Crippen LogP contribution in [-0.4, -0.2) is 8.07 Å². The maximum atomic E-state index is 2.54. The van der Waals surface area contributed by atoms with Gasteiger partial charge in [-0.25, -0.2) is 0 Å².